The molecule has 11 heteroatoms. The third kappa shape index (κ3) is 38.7. The Morgan fingerprint density at radius 3 is 1.93 bits per heavy atom. The molecule has 0 saturated carbocycles. The summed E-state index contributed by atoms with van der Waals surface area (Å²) in [4.78, 5) is 51.5. The second kappa shape index (κ2) is 46.1. The molecule has 1 fully saturated rings. The van der Waals surface area contributed by atoms with Gasteiger partial charge in [0.1, 0.15) is 13.3 Å². The molecule has 1 saturated heterocycles. The van der Waals surface area contributed by atoms with Crippen LogP contribution in [0.3, 0.4) is 0 Å². The first-order chi connectivity index (χ1) is 22.3. The molecule has 1 aromatic rings. The summed E-state index contributed by atoms with van der Waals surface area (Å²) in [5.41, 5.74) is 1.25. The Hall–Kier alpha value is -3.31. The summed E-state index contributed by atoms with van der Waals surface area (Å²) in [6.45, 7) is 16.9. The van der Waals surface area contributed by atoms with Gasteiger partial charge in [-0.1, -0.05) is 116 Å². The molecule has 2 unspecified atom stereocenters. The van der Waals surface area contributed by atoms with Crippen LogP contribution in [0.4, 0.5) is 0 Å². The first kappa shape index (κ1) is 52.2. The number of carbonyl (C=O) groups excluding carboxylic acids is 4. The molecule has 46 heavy (non-hydrogen) atoms. The quantitative estimate of drug-likeness (QED) is 0.106. The first-order valence-electron chi connectivity index (χ1n) is 16.4. The van der Waals surface area contributed by atoms with E-state index in [4.69, 9.17) is 19.8 Å². The molecule has 2 amide bonds. The van der Waals surface area contributed by atoms with Crippen LogP contribution in [0.1, 0.15) is 111 Å². The summed E-state index contributed by atoms with van der Waals surface area (Å²) >= 11 is 0. The molecule has 0 radical (unpaired) electrons. The summed E-state index contributed by atoms with van der Waals surface area (Å²) < 4.78 is 4.50. The molecule has 4 N–H and O–H groups in total. The average molecular weight is 658 g/mol. The number of aliphatic hydroxyl groups is 1. The molecule has 0 aliphatic carbocycles. The van der Waals surface area contributed by atoms with Crippen LogP contribution >= 0.6 is 0 Å². The molecule has 270 valence electrons. The van der Waals surface area contributed by atoms with Crippen molar-refractivity contribution in [1.29, 1.82) is 0 Å². The van der Waals surface area contributed by atoms with Crippen molar-refractivity contribution in [2.75, 3.05) is 33.9 Å². The second-order valence-corrected chi connectivity index (χ2v) is 9.85. The van der Waals surface area contributed by atoms with Crippen LogP contribution in [0.15, 0.2) is 30.3 Å². The van der Waals surface area contributed by atoms with E-state index in [0.29, 0.717) is 6.04 Å². The van der Waals surface area contributed by atoms with Gasteiger partial charge in [0.15, 0.2) is 0 Å². The molecule has 1 aliphatic rings. The minimum Gasteiger partial charge on any atom is -0.483 e. The van der Waals surface area contributed by atoms with Crippen LogP contribution in [-0.2, 0) is 35.3 Å². The molecule has 1 heterocycles. The third-order valence-corrected chi connectivity index (χ3v) is 6.33. The number of rotatable bonds is 15. The number of hydrogen-bond acceptors (Lipinski definition) is 8. The van der Waals surface area contributed by atoms with E-state index in [1.165, 1.54) is 64.0 Å². The minimum absolute atomic E-state index is 0.0385. The monoisotopic (exact) mass is 657 g/mol. The standard InChI is InChI=1S/C15H20N2O3.C9H19NO.C6H14.C2H6.CH2O2.CH4O.CH2O/c1-20-14(18)9-16-15(19)13-7-8-17(11-13)10-12-5-3-2-4-6-12;1-3-4-5-6-7-9(2)10-8-11;1-3-5-6-4-2;1-2;2-1-3;2*1-2/h2-6,13H,7-11H2,1H3,(H,16,19);8-9H,3-7H2,1-2H3,(H,10,11);3-6H2,1-2H3;1-2H3;1H,(H,2,3);2H,1H3;1H2. The Kier molecular flexibility index (Phi) is 52.4. The van der Waals surface area contributed by atoms with Crippen molar-refractivity contribution in [2.45, 2.75) is 118 Å². The Balaban J connectivity index is -0.000000182. The van der Waals surface area contributed by atoms with Gasteiger partial charge in [0.05, 0.1) is 13.0 Å². The van der Waals surface area contributed by atoms with Gasteiger partial charge in [-0.3, -0.25) is 24.1 Å². The number of amides is 2. The smallest absolute Gasteiger partial charge is 0.325 e. The highest BCUT2D eigenvalue weighted by Crippen LogP contribution is 2.18. The summed E-state index contributed by atoms with van der Waals surface area (Å²) in [5.74, 6) is -0.521. The highest BCUT2D eigenvalue weighted by molar-refractivity contribution is 5.83. The van der Waals surface area contributed by atoms with Crippen LogP contribution in [0.2, 0.25) is 0 Å². The lowest BCUT2D eigenvalue weighted by Crippen LogP contribution is -2.36. The van der Waals surface area contributed by atoms with Gasteiger partial charge in [-0.25, -0.2) is 0 Å². The van der Waals surface area contributed by atoms with E-state index < -0.39 is 5.97 Å². The number of methoxy groups -OCH3 is 1. The number of benzene rings is 1. The SMILES string of the molecule is C=O.CC.CCCCCC.CCCCCCC(C)NC=O.CO.COC(=O)CNC(=O)C1CCN(Cc2ccccc2)C1.O=CO. The van der Waals surface area contributed by atoms with Crippen LogP contribution in [0, 0.1) is 5.92 Å². The highest BCUT2D eigenvalue weighted by Gasteiger charge is 2.28. The van der Waals surface area contributed by atoms with Gasteiger partial charge in [-0.15, -0.1) is 0 Å². The molecule has 1 aliphatic heterocycles. The molecule has 11 nitrogen and oxygen atoms in total. The molecule has 2 atom stereocenters. The second-order valence-electron chi connectivity index (χ2n) is 9.85. The lowest BCUT2D eigenvalue weighted by atomic mass is 10.1. The van der Waals surface area contributed by atoms with E-state index in [2.05, 4.69) is 53.2 Å². The van der Waals surface area contributed by atoms with E-state index in [1.54, 1.807) is 0 Å². The van der Waals surface area contributed by atoms with Crippen LogP contribution in [-0.4, -0.2) is 86.6 Å². The Morgan fingerprint density at radius 2 is 1.48 bits per heavy atom. The number of carboxylic acid groups (broad SMARTS) is 1. The van der Waals surface area contributed by atoms with Gasteiger partial charge < -0.3 is 30.4 Å². The molecule has 1 aromatic carbocycles. The van der Waals surface area contributed by atoms with Gasteiger partial charge >= 0.3 is 5.97 Å². The van der Waals surface area contributed by atoms with Crippen molar-refractivity contribution in [3.8, 4) is 0 Å². The first-order valence-corrected chi connectivity index (χ1v) is 16.4. The topological polar surface area (TPSA) is 162 Å². The Morgan fingerprint density at radius 1 is 0.978 bits per heavy atom. The molecule has 0 spiro atoms. The molecule has 0 bridgehead atoms. The molecule has 2 rings (SSSR count). The lowest BCUT2D eigenvalue weighted by Gasteiger charge is -2.15. The minimum atomic E-state index is -0.419. The van der Waals surface area contributed by atoms with Crippen molar-refractivity contribution in [3.63, 3.8) is 0 Å². The zero-order chi connectivity index (χ0) is 36.4. The maximum atomic E-state index is 11.9. The summed E-state index contributed by atoms with van der Waals surface area (Å²) in [5, 5.41) is 19.3. The summed E-state index contributed by atoms with van der Waals surface area (Å²) in [7, 11) is 2.31. The molecular formula is C35H67N3O8. The van der Waals surface area contributed by atoms with Gasteiger partial charge in [0, 0.05) is 26.2 Å². The van der Waals surface area contributed by atoms with Gasteiger partial charge in [0.2, 0.25) is 12.3 Å². The predicted molar refractivity (Wildman–Crippen MR) is 187 cm³/mol. The fourth-order valence-electron chi connectivity index (χ4n) is 3.98. The maximum absolute atomic E-state index is 11.9. The molecular weight excluding hydrogens is 590 g/mol. The normalized spacial score (nSPS) is 12.9. The van der Waals surface area contributed by atoms with E-state index in [1.807, 2.05) is 45.8 Å². The highest BCUT2D eigenvalue weighted by atomic mass is 16.5. The fraction of sp³-hybridized carbons (Fsp3) is 0.686. The third-order valence-electron chi connectivity index (χ3n) is 6.33. The Labute approximate surface area is 279 Å². The number of esters is 1. The maximum Gasteiger partial charge on any atom is 0.325 e. The fourth-order valence-corrected chi connectivity index (χ4v) is 3.98. The zero-order valence-corrected chi connectivity index (χ0v) is 30.1. The lowest BCUT2D eigenvalue weighted by molar-refractivity contribution is -0.141. The number of ether oxygens (including phenoxy) is 1. The number of nitrogens with zero attached hydrogens (tertiary/aromatic N) is 1. The summed E-state index contributed by atoms with van der Waals surface area (Å²) in [6, 6.07) is 10.6. The average Bonchev–Trinajstić information content (AvgIpc) is 3.57. The van der Waals surface area contributed by atoms with E-state index in [9.17, 15) is 14.4 Å². The number of unbranched alkanes of at least 4 members (excludes halogenated alkanes) is 6. The number of nitrogens with one attached hydrogen (secondary N) is 2. The number of carbonyl (C=O) groups is 5. The van der Waals surface area contributed by atoms with Crippen LogP contribution < -0.4 is 10.6 Å². The molecule has 0 aromatic heterocycles. The van der Waals surface area contributed by atoms with Gasteiger partial charge in [-0.05, 0) is 31.9 Å². The van der Waals surface area contributed by atoms with E-state index >= 15 is 0 Å². The van der Waals surface area contributed by atoms with Crippen LogP contribution in [0.25, 0.3) is 0 Å². The number of hydrogen-bond donors (Lipinski definition) is 4. The van der Waals surface area contributed by atoms with Crippen LogP contribution in [0.5, 0.6) is 0 Å². The number of aliphatic hydroxyl groups excluding tert-OH is 1. The van der Waals surface area contributed by atoms with Gasteiger partial charge in [-0.2, -0.15) is 0 Å². The van der Waals surface area contributed by atoms with E-state index in [0.717, 1.165) is 46.0 Å². The zero-order valence-electron chi connectivity index (χ0n) is 30.1. The van der Waals surface area contributed by atoms with Crippen molar-refractivity contribution in [3.05, 3.63) is 35.9 Å². The van der Waals surface area contributed by atoms with Crippen molar-refractivity contribution >= 4 is 31.5 Å². The largest absolute Gasteiger partial charge is 0.483 e. The van der Waals surface area contributed by atoms with Crippen molar-refractivity contribution < 1.29 is 38.9 Å². The van der Waals surface area contributed by atoms with E-state index in [-0.39, 0.29) is 24.8 Å². The van der Waals surface area contributed by atoms with Crippen molar-refractivity contribution in [1.82, 2.24) is 15.5 Å². The Bertz CT molecular complexity index is 765. The summed E-state index contributed by atoms with van der Waals surface area (Å²) in [6.07, 6.45) is 13.4. The predicted octanol–water partition coefficient (Wildman–Crippen LogP) is 5.63. The van der Waals surface area contributed by atoms with Crippen molar-refractivity contribution in [2.24, 2.45) is 5.92 Å². The number of likely N-dealkylation sites (tertiary alicyclic amines) is 1. The van der Waals surface area contributed by atoms with Gasteiger partial charge in [0.25, 0.3) is 6.47 Å².